The van der Waals surface area contributed by atoms with Gasteiger partial charge in [0.15, 0.2) is 14.4 Å². The topological polar surface area (TPSA) is 52.5 Å². The molecule has 0 aromatic rings. The smallest absolute Gasteiger partial charge is 0.199 e. The van der Waals surface area contributed by atoms with Gasteiger partial charge in [0.25, 0.3) is 0 Å². The summed E-state index contributed by atoms with van der Waals surface area (Å²) >= 11 is 0. The molecule has 4 heteroatoms. The maximum atomic E-state index is 7.68. The van der Waals surface area contributed by atoms with Crippen LogP contribution in [0.2, 0.25) is 0 Å². The Morgan fingerprint density at radius 1 is 1.60 bits per heavy atom. The van der Waals surface area contributed by atoms with Gasteiger partial charge in [0.05, 0.1) is 0 Å². The van der Waals surface area contributed by atoms with Gasteiger partial charge in [0.1, 0.15) is 0 Å². The van der Waals surface area contributed by atoms with Gasteiger partial charge in [-0.3, -0.25) is 0 Å². The summed E-state index contributed by atoms with van der Waals surface area (Å²) in [5.74, 6) is 0. The second-order valence-electron chi connectivity index (χ2n) is 0.540. The predicted octanol–water partition coefficient (Wildman–Crippen LogP) is -2.07. The minimum atomic E-state index is -1.59. The second-order valence-corrected chi connectivity index (χ2v) is 0.540. The Morgan fingerprint density at radius 3 is 1.80 bits per heavy atom. The van der Waals surface area contributed by atoms with Crippen LogP contribution in [0.25, 0.3) is 0 Å². The molecular formula is CH4BNO2. The molecule has 0 aliphatic carbocycles. The molecule has 0 amide bonds. The first kappa shape index (κ1) is 4.94. The van der Waals surface area contributed by atoms with Crippen LogP contribution in [0.4, 0.5) is 0 Å². The van der Waals surface area contributed by atoms with Crippen LogP contribution in [-0.4, -0.2) is 24.6 Å². The summed E-state index contributed by atoms with van der Waals surface area (Å²) in [6.45, 7) is 0. The highest BCUT2D eigenvalue weighted by Gasteiger charge is 1.80. The lowest BCUT2D eigenvalue weighted by Crippen LogP contribution is -2.24. The van der Waals surface area contributed by atoms with E-state index in [4.69, 9.17) is 10.2 Å². The van der Waals surface area contributed by atoms with E-state index in [1.165, 1.54) is 0 Å². The maximum absolute atomic E-state index is 7.68. The summed E-state index contributed by atoms with van der Waals surface area (Å²) < 4.78 is 0. The average Bonchev–Trinajstić information content (AvgIpc) is 1.38. The fourth-order valence-corrected chi connectivity index (χ4v) is 0. The van der Waals surface area contributed by atoms with Crippen LogP contribution in [0.1, 0.15) is 0 Å². The number of hydrogen-bond donors (Lipinski definition) is 3. The molecule has 0 aromatic carbocycles. The molecule has 0 spiro atoms. The molecule has 0 atom stereocenters. The zero-order valence-electron chi connectivity index (χ0n) is 2.55. The first-order valence-electron chi connectivity index (χ1n) is 1.09. The highest BCUT2D eigenvalue weighted by Crippen LogP contribution is 1.51. The van der Waals surface area contributed by atoms with Crippen molar-refractivity contribution in [3.8, 4) is 0 Å². The lowest BCUT2D eigenvalue weighted by molar-refractivity contribution is -0.0476. The molecule has 3 nitrogen and oxygen atoms in total. The number of rotatable bonds is 1. The fraction of sp³-hybridized carbons (Fsp3) is 1.00. The Labute approximate surface area is 31.1 Å². The molecular weight excluding hydrogens is 68.8 g/mol. The van der Waals surface area contributed by atoms with Gasteiger partial charge < -0.3 is 15.4 Å². The normalized spacial score (nSPS) is 9.40. The largest absolute Gasteiger partial charge is 0.357 e. The van der Waals surface area contributed by atoms with Gasteiger partial charge in [-0.2, -0.15) is 0 Å². The molecule has 2 radical (unpaired) electrons. The van der Waals surface area contributed by atoms with Crippen LogP contribution in [0.5, 0.6) is 0 Å². The van der Waals surface area contributed by atoms with E-state index in [2.05, 4.69) is 7.98 Å². The third-order valence-corrected chi connectivity index (χ3v) is 0.149. The maximum Gasteiger partial charge on any atom is 0.199 e. The quantitative estimate of drug-likeness (QED) is 0.247. The van der Waals surface area contributed by atoms with Gasteiger partial charge in [-0.05, 0) is 0 Å². The first-order chi connectivity index (χ1) is 2.27. The zero-order chi connectivity index (χ0) is 4.28. The summed E-state index contributed by atoms with van der Waals surface area (Å²) in [5, 5.41) is 17.0. The lowest BCUT2D eigenvalue weighted by atomic mass is 10.4. The molecule has 0 unspecified atom stereocenters. The molecule has 0 aliphatic heterocycles. The number of hydrogen-bond acceptors (Lipinski definition) is 3. The molecule has 28 valence electrons. The molecule has 0 aliphatic rings. The van der Waals surface area contributed by atoms with E-state index in [0.29, 0.717) is 0 Å². The van der Waals surface area contributed by atoms with Crippen molar-refractivity contribution >= 4 is 7.98 Å². The third kappa shape index (κ3) is 3.94. The van der Waals surface area contributed by atoms with Crippen molar-refractivity contribution in [2.45, 2.75) is 6.41 Å². The fourth-order valence-electron chi connectivity index (χ4n) is 0. The van der Waals surface area contributed by atoms with Crippen LogP contribution in [0.15, 0.2) is 0 Å². The highest BCUT2D eigenvalue weighted by molar-refractivity contribution is 6.04. The van der Waals surface area contributed by atoms with Gasteiger partial charge in [-0.25, -0.2) is 0 Å². The van der Waals surface area contributed by atoms with E-state index >= 15 is 0 Å². The van der Waals surface area contributed by atoms with E-state index in [0.717, 1.165) is 0 Å². The average molecular weight is 72.9 g/mol. The van der Waals surface area contributed by atoms with Crippen molar-refractivity contribution in [3.05, 3.63) is 0 Å². The Bertz CT molecular complexity index is 23.6. The summed E-state index contributed by atoms with van der Waals surface area (Å²) in [4.78, 5) is 0. The van der Waals surface area contributed by atoms with Crippen molar-refractivity contribution in [1.82, 2.24) is 5.23 Å². The molecule has 0 aromatic heterocycles. The molecule has 0 saturated heterocycles. The van der Waals surface area contributed by atoms with Gasteiger partial charge in [0.2, 0.25) is 0 Å². The second kappa shape index (κ2) is 2.20. The van der Waals surface area contributed by atoms with Crippen molar-refractivity contribution in [3.63, 3.8) is 0 Å². The van der Waals surface area contributed by atoms with E-state index in [1.54, 1.807) is 5.23 Å². The van der Waals surface area contributed by atoms with E-state index in [1.807, 2.05) is 0 Å². The molecule has 0 rings (SSSR count). The predicted molar refractivity (Wildman–Crippen MR) is 17.1 cm³/mol. The Hall–Kier alpha value is -0.0551. The van der Waals surface area contributed by atoms with Crippen LogP contribution in [0.3, 0.4) is 0 Å². The minimum Gasteiger partial charge on any atom is -0.357 e. The van der Waals surface area contributed by atoms with Gasteiger partial charge >= 0.3 is 0 Å². The van der Waals surface area contributed by atoms with Crippen molar-refractivity contribution < 1.29 is 10.2 Å². The molecule has 3 N–H and O–H groups in total. The Balaban J connectivity index is 2.54. The van der Waals surface area contributed by atoms with Gasteiger partial charge in [-0.15, -0.1) is 0 Å². The Kier molecular flexibility index (Phi) is 2.17. The summed E-state index contributed by atoms with van der Waals surface area (Å²) in [6.07, 6.45) is -1.59. The van der Waals surface area contributed by atoms with Crippen LogP contribution in [0, 0.1) is 0 Å². The number of aliphatic hydroxyl groups excluding tert-OH is 1. The monoisotopic (exact) mass is 73.0 g/mol. The minimum absolute atomic E-state index is 1.59. The summed E-state index contributed by atoms with van der Waals surface area (Å²) in [5.41, 5.74) is 0. The number of aliphatic hydroxyl groups is 2. The Morgan fingerprint density at radius 2 is 1.80 bits per heavy atom. The van der Waals surface area contributed by atoms with Crippen molar-refractivity contribution in [1.29, 1.82) is 0 Å². The van der Waals surface area contributed by atoms with E-state index < -0.39 is 6.41 Å². The van der Waals surface area contributed by atoms with Crippen LogP contribution < -0.4 is 5.23 Å². The third-order valence-electron chi connectivity index (χ3n) is 0.149. The zero-order valence-corrected chi connectivity index (χ0v) is 2.55. The number of nitrogens with one attached hydrogen (secondary N) is 1. The molecule has 0 fully saturated rings. The van der Waals surface area contributed by atoms with Crippen LogP contribution >= 0.6 is 0 Å². The van der Waals surface area contributed by atoms with Crippen molar-refractivity contribution in [2.75, 3.05) is 0 Å². The standard InChI is InChI=1S/CH4BNO2/c2-3-1(4)5/h1,3-5H. The van der Waals surface area contributed by atoms with Crippen LogP contribution in [-0.2, 0) is 0 Å². The molecule has 0 heterocycles. The summed E-state index contributed by atoms with van der Waals surface area (Å²) in [6, 6.07) is 0. The molecule has 5 heavy (non-hydrogen) atoms. The highest BCUT2D eigenvalue weighted by atomic mass is 16.5. The summed E-state index contributed by atoms with van der Waals surface area (Å²) in [7, 11) is 4.42. The molecule has 0 bridgehead atoms. The SMILES string of the molecule is [B]NC(O)O. The van der Waals surface area contributed by atoms with E-state index in [9.17, 15) is 0 Å². The van der Waals surface area contributed by atoms with Gasteiger partial charge in [-0.1, -0.05) is 0 Å². The lowest BCUT2D eigenvalue weighted by Gasteiger charge is -1.94. The molecule has 0 saturated carbocycles. The van der Waals surface area contributed by atoms with Gasteiger partial charge in [0, 0.05) is 0 Å². The van der Waals surface area contributed by atoms with Crippen molar-refractivity contribution in [2.24, 2.45) is 0 Å². The first-order valence-corrected chi connectivity index (χ1v) is 1.09. The van der Waals surface area contributed by atoms with E-state index in [-0.39, 0.29) is 0 Å².